The van der Waals surface area contributed by atoms with Crippen LogP contribution < -0.4 is 10.6 Å². The van der Waals surface area contributed by atoms with E-state index in [2.05, 4.69) is 36.5 Å². The molecule has 5 nitrogen and oxygen atoms in total. The summed E-state index contributed by atoms with van der Waals surface area (Å²) in [4.78, 5) is 13.1. The average Bonchev–Trinajstić information content (AvgIpc) is 3.22. The third kappa shape index (κ3) is 4.95. The van der Waals surface area contributed by atoms with Crippen molar-refractivity contribution in [2.24, 2.45) is 18.4 Å². The fourth-order valence-electron chi connectivity index (χ4n) is 3.77. The van der Waals surface area contributed by atoms with Gasteiger partial charge in [-0.25, -0.2) is 4.39 Å². The van der Waals surface area contributed by atoms with Crippen molar-refractivity contribution in [1.29, 1.82) is 0 Å². The lowest BCUT2D eigenvalue weighted by molar-refractivity contribution is -0.125. The summed E-state index contributed by atoms with van der Waals surface area (Å²) < 4.78 is 15.1. The molecule has 1 unspecified atom stereocenters. The Bertz CT molecular complexity index is 778. The monoisotopic (exact) mass is 372 g/mol. The van der Waals surface area contributed by atoms with Gasteiger partial charge in [0.1, 0.15) is 5.82 Å². The summed E-state index contributed by atoms with van der Waals surface area (Å²) in [6.45, 7) is 7.85. The SMILES string of the molecule is Cn1cc([C@H]2CNC[C@@H]2C(=O)NC(CC(C)(C)C)c2ccc(F)cc2)cn1. The molecular formula is C21H29FN4O. The van der Waals surface area contributed by atoms with Crippen molar-refractivity contribution in [3.63, 3.8) is 0 Å². The number of aryl methyl sites for hydroxylation is 1. The predicted molar refractivity (Wildman–Crippen MR) is 104 cm³/mol. The molecule has 1 aliphatic heterocycles. The molecular weight excluding hydrogens is 343 g/mol. The zero-order chi connectivity index (χ0) is 19.6. The quantitative estimate of drug-likeness (QED) is 0.848. The molecule has 1 aromatic carbocycles. The first kappa shape index (κ1) is 19.5. The predicted octanol–water partition coefficient (Wildman–Crippen LogP) is 3.16. The third-order valence-electron chi connectivity index (χ3n) is 5.11. The Morgan fingerprint density at radius 3 is 2.63 bits per heavy atom. The van der Waals surface area contributed by atoms with Gasteiger partial charge in [-0.3, -0.25) is 9.48 Å². The minimum atomic E-state index is -0.267. The summed E-state index contributed by atoms with van der Waals surface area (Å²) in [5.74, 6) is -0.261. The second-order valence-electron chi connectivity index (χ2n) is 8.70. The van der Waals surface area contributed by atoms with E-state index in [1.165, 1.54) is 12.1 Å². The Labute approximate surface area is 160 Å². The van der Waals surface area contributed by atoms with Gasteiger partial charge in [-0.15, -0.1) is 0 Å². The Balaban J connectivity index is 1.77. The van der Waals surface area contributed by atoms with Crippen LogP contribution in [0, 0.1) is 17.2 Å². The van der Waals surface area contributed by atoms with Crippen molar-refractivity contribution >= 4 is 5.91 Å². The van der Waals surface area contributed by atoms with E-state index in [-0.39, 0.29) is 35.0 Å². The van der Waals surface area contributed by atoms with E-state index >= 15 is 0 Å². The number of carbonyl (C=O) groups excluding carboxylic acids is 1. The molecule has 1 aliphatic rings. The maximum Gasteiger partial charge on any atom is 0.225 e. The number of rotatable bonds is 5. The first-order valence-electron chi connectivity index (χ1n) is 9.48. The maximum atomic E-state index is 13.3. The van der Waals surface area contributed by atoms with Gasteiger partial charge in [-0.05, 0) is 35.1 Å². The van der Waals surface area contributed by atoms with Crippen molar-refractivity contribution < 1.29 is 9.18 Å². The zero-order valence-electron chi connectivity index (χ0n) is 16.5. The number of nitrogens with zero attached hydrogens (tertiary/aromatic N) is 2. The normalized spacial score (nSPS) is 21.2. The van der Waals surface area contributed by atoms with E-state index in [4.69, 9.17) is 0 Å². The Morgan fingerprint density at radius 2 is 2.04 bits per heavy atom. The van der Waals surface area contributed by atoms with Crippen LogP contribution in [0.2, 0.25) is 0 Å². The van der Waals surface area contributed by atoms with Gasteiger partial charge in [0, 0.05) is 32.3 Å². The highest BCUT2D eigenvalue weighted by atomic mass is 19.1. The molecule has 146 valence electrons. The number of aromatic nitrogens is 2. The summed E-state index contributed by atoms with van der Waals surface area (Å²) >= 11 is 0. The number of benzene rings is 1. The molecule has 0 radical (unpaired) electrons. The molecule has 2 N–H and O–H groups in total. The summed E-state index contributed by atoms with van der Waals surface area (Å²) in [7, 11) is 1.88. The molecule has 2 heterocycles. The Morgan fingerprint density at radius 1 is 1.33 bits per heavy atom. The lowest BCUT2D eigenvalue weighted by Crippen LogP contribution is -2.38. The summed E-state index contributed by atoms with van der Waals surface area (Å²) in [6, 6.07) is 6.28. The molecule has 1 aromatic heterocycles. The van der Waals surface area contributed by atoms with E-state index < -0.39 is 0 Å². The molecule has 27 heavy (non-hydrogen) atoms. The highest BCUT2D eigenvalue weighted by Crippen LogP contribution is 2.32. The molecule has 1 fully saturated rings. The minimum absolute atomic E-state index is 0.0308. The molecule has 1 saturated heterocycles. The van der Waals surface area contributed by atoms with Gasteiger partial charge in [-0.2, -0.15) is 5.10 Å². The lowest BCUT2D eigenvalue weighted by atomic mass is 9.84. The van der Waals surface area contributed by atoms with Gasteiger partial charge in [0.15, 0.2) is 0 Å². The van der Waals surface area contributed by atoms with Gasteiger partial charge >= 0.3 is 0 Å². The van der Waals surface area contributed by atoms with E-state index in [1.54, 1.807) is 16.8 Å². The van der Waals surface area contributed by atoms with Crippen molar-refractivity contribution in [2.75, 3.05) is 13.1 Å². The minimum Gasteiger partial charge on any atom is -0.349 e. The first-order valence-corrected chi connectivity index (χ1v) is 9.48. The highest BCUT2D eigenvalue weighted by Gasteiger charge is 2.36. The van der Waals surface area contributed by atoms with Gasteiger partial charge in [0.2, 0.25) is 5.91 Å². The van der Waals surface area contributed by atoms with Crippen LogP contribution in [0.4, 0.5) is 4.39 Å². The lowest BCUT2D eigenvalue weighted by Gasteiger charge is -2.29. The molecule has 3 rings (SSSR count). The third-order valence-corrected chi connectivity index (χ3v) is 5.11. The number of halogens is 1. The van der Waals surface area contributed by atoms with E-state index in [9.17, 15) is 9.18 Å². The summed E-state index contributed by atoms with van der Waals surface area (Å²) in [5.41, 5.74) is 2.04. The van der Waals surface area contributed by atoms with Crippen molar-refractivity contribution in [3.05, 3.63) is 53.6 Å². The summed E-state index contributed by atoms with van der Waals surface area (Å²) in [5, 5.41) is 10.8. The summed E-state index contributed by atoms with van der Waals surface area (Å²) in [6.07, 6.45) is 4.59. The number of hydrogen-bond acceptors (Lipinski definition) is 3. The maximum absolute atomic E-state index is 13.3. The first-order chi connectivity index (χ1) is 12.7. The van der Waals surface area contributed by atoms with Crippen LogP contribution in [-0.4, -0.2) is 28.8 Å². The van der Waals surface area contributed by atoms with E-state index in [0.29, 0.717) is 6.54 Å². The molecule has 0 aliphatic carbocycles. The molecule has 0 spiro atoms. The van der Waals surface area contributed by atoms with Crippen LogP contribution in [-0.2, 0) is 11.8 Å². The highest BCUT2D eigenvalue weighted by molar-refractivity contribution is 5.81. The topological polar surface area (TPSA) is 59.0 Å². The van der Waals surface area contributed by atoms with Crippen LogP contribution in [0.5, 0.6) is 0 Å². The van der Waals surface area contributed by atoms with Crippen LogP contribution in [0.25, 0.3) is 0 Å². The number of amides is 1. The van der Waals surface area contributed by atoms with Crippen LogP contribution in [0.3, 0.4) is 0 Å². The fourth-order valence-corrected chi connectivity index (χ4v) is 3.77. The van der Waals surface area contributed by atoms with Gasteiger partial charge in [0.05, 0.1) is 18.2 Å². The van der Waals surface area contributed by atoms with Crippen LogP contribution in [0.1, 0.15) is 50.3 Å². The van der Waals surface area contributed by atoms with Crippen LogP contribution in [0.15, 0.2) is 36.7 Å². The fraction of sp³-hybridized carbons (Fsp3) is 0.524. The average molecular weight is 372 g/mol. The second-order valence-corrected chi connectivity index (χ2v) is 8.70. The molecule has 2 aromatic rings. The van der Waals surface area contributed by atoms with Crippen molar-refractivity contribution in [1.82, 2.24) is 20.4 Å². The number of carbonyl (C=O) groups is 1. The van der Waals surface area contributed by atoms with Crippen molar-refractivity contribution in [3.8, 4) is 0 Å². The Hall–Kier alpha value is -2.21. The van der Waals surface area contributed by atoms with Gasteiger partial charge in [-0.1, -0.05) is 32.9 Å². The van der Waals surface area contributed by atoms with Gasteiger partial charge in [0.25, 0.3) is 0 Å². The largest absolute Gasteiger partial charge is 0.349 e. The molecule has 3 atom stereocenters. The molecule has 0 saturated carbocycles. The standard InChI is InChI=1S/C21H29FN4O/c1-21(2,3)9-19(14-5-7-16(22)8-6-14)25-20(27)18-12-23-11-17(18)15-10-24-26(4)13-15/h5-8,10,13,17-19,23H,9,11-12H2,1-4H3,(H,25,27)/t17-,18+,19?/m1/s1. The number of hydrogen-bond donors (Lipinski definition) is 2. The number of nitrogens with one attached hydrogen (secondary N) is 2. The molecule has 6 heteroatoms. The van der Waals surface area contributed by atoms with E-state index in [0.717, 1.165) is 24.1 Å². The molecule has 1 amide bonds. The zero-order valence-corrected chi connectivity index (χ0v) is 16.5. The van der Waals surface area contributed by atoms with E-state index in [1.807, 2.05) is 19.4 Å². The van der Waals surface area contributed by atoms with Crippen molar-refractivity contribution in [2.45, 2.75) is 39.2 Å². The second kappa shape index (κ2) is 7.80. The van der Waals surface area contributed by atoms with Gasteiger partial charge < -0.3 is 10.6 Å². The Kier molecular flexibility index (Phi) is 5.65. The molecule has 0 bridgehead atoms. The smallest absolute Gasteiger partial charge is 0.225 e. The van der Waals surface area contributed by atoms with Crippen LogP contribution >= 0.6 is 0 Å².